The van der Waals surface area contributed by atoms with Gasteiger partial charge in [0.05, 0.1) is 5.69 Å². The zero-order chi connectivity index (χ0) is 20.3. The number of sulfonamides is 1. The summed E-state index contributed by atoms with van der Waals surface area (Å²) in [4.78, 5) is 12.4. The second-order valence-electron chi connectivity index (χ2n) is 5.95. The van der Waals surface area contributed by atoms with Gasteiger partial charge in [0.25, 0.3) is 15.9 Å². The lowest BCUT2D eigenvalue weighted by Gasteiger charge is -2.18. The van der Waals surface area contributed by atoms with Crippen LogP contribution in [0.4, 0.5) is 10.8 Å². The van der Waals surface area contributed by atoms with E-state index in [9.17, 15) is 13.2 Å². The first-order valence-electron chi connectivity index (χ1n) is 8.21. The second-order valence-corrected chi connectivity index (χ2v) is 11.9. The molecule has 1 N–H and O–H groups in total. The highest BCUT2D eigenvalue weighted by Crippen LogP contribution is 2.29. The average Bonchev–Trinajstić information content (AvgIpc) is 3.33. The van der Waals surface area contributed by atoms with Gasteiger partial charge in [-0.1, -0.05) is 43.0 Å². The molecule has 0 spiro atoms. The lowest BCUT2D eigenvalue weighted by Crippen LogP contribution is -2.25. The van der Waals surface area contributed by atoms with E-state index in [1.165, 1.54) is 22.7 Å². The Morgan fingerprint density at radius 3 is 2.50 bits per heavy atom. The zero-order valence-electron chi connectivity index (χ0n) is 15.3. The molecule has 3 aromatic rings. The van der Waals surface area contributed by atoms with Gasteiger partial charge in [0, 0.05) is 17.9 Å². The summed E-state index contributed by atoms with van der Waals surface area (Å²) in [5, 5.41) is 13.2. The van der Waals surface area contributed by atoms with E-state index < -0.39 is 10.0 Å². The van der Waals surface area contributed by atoms with Crippen LogP contribution < -0.4 is 9.62 Å². The number of carbonyl (C=O) groups excluding carboxylic acids is 1. The number of aromatic nitrogens is 2. The van der Waals surface area contributed by atoms with Crippen LogP contribution in [0.5, 0.6) is 0 Å². The Bertz CT molecular complexity index is 1040. The van der Waals surface area contributed by atoms with E-state index in [4.69, 9.17) is 0 Å². The number of anilines is 2. The van der Waals surface area contributed by atoms with Crippen LogP contribution in [0.1, 0.15) is 24.2 Å². The third-order valence-electron chi connectivity index (χ3n) is 3.57. The highest BCUT2D eigenvalue weighted by molar-refractivity contribution is 8.01. The van der Waals surface area contributed by atoms with Crippen LogP contribution in [0.25, 0.3) is 0 Å². The summed E-state index contributed by atoms with van der Waals surface area (Å²) in [5.74, 6) is -0.326. The molecule has 1 aromatic carbocycles. The van der Waals surface area contributed by atoms with Gasteiger partial charge < -0.3 is 0 Å². The Hall–Kier alpha value is -1.95. The maximum Gasteiger partial charge on any atom is 0.273 e. The molecule has 11 heteroatoms. The van der Waals surface area contributed by atoms with Crippen LogP contribution in [-0.2, 0) is 10.0 Å². The van der Waals surface area contributed by atoms with Crippen molar-refractivity contribution in [1.29, 1.82) is 0 Å². The fraction of sp³-hybridized carbons (Fsp3) is 0.235. The Labute approximate surface area is 175 Å². The number of nitrogens with one attached hydrogen (secondary N) is 1. The predicted octanol–water partition coefficient (Wildman–Crippen LogP) is 4.18. The van der Waals surface area contributed by atoms with E-state index in [2.05, 4.69) is 29.4 Å². The van der Waals surface area contributed by atoms with E-state index in [-0.39, 0.29) is 10.1 Å². The average molecular weight is 455 g/mol. The van der Waals surface area contributed by atoms with Crippen molar-refractivity contribution in [1.82, 2.24) is 10.2 Å². The monoisotopic (exact) mass is 454 g/mol. The molecule has 2 heterocycles. The third-order valence-corrected chi connectivity index (χ3v) is 8.65. The summed E-state index contributed by atoms with van der Waals surface area (Å²) in [5.41, 5.74) is 0.871. The van der Waals surface area contributed by atoms with Gasteiger partial charge in [0.2, 0.25) is 5.13 Å². The van der Waals surface area contributed by atoms with Gasteiger partial charge in [-0.3, -0.25) is 14.4 Å². The lowest BCUT2D eigenvalue weighted by molar-refractivity contribution is 0.102. The van der Waals surface area contributed by atoms with Crippen molar-refractivity contribution < 1.29 is 13.2 Å². The first-order chi connectivity index (χ1) is 13.3. The summed E-state index contributed by atoms with van der Waals surface area (Å²) < 4.78 is 27.4. The van der Waals surface area contributed by atoms with Crippen LogP contribution in [-0.4, -0.2) is 36.8 Å². The molecule has 0 radical (unpaired) electrons. The SMILES string of the molecule is CC(C)Sc1nnc(NC(=O)c2ccc(N(C)S(=O)(=O)c3cccs3)cc2)s1. The number of hydrogen-bond acceptors (Lipinski definition) is 8. The van der Waals surface area contributed by atoms with Gasteiger partial charge in [-0.15, -0.1) is 21.5 Å². The number of thiophene rings is 1. The molecule has 0 saturated carbocycles. The molecule has 0 saturated heterocycles. The second kappa shape index (κ2) is 8.60. The van der Waals surface area contributed by atoms with Crippen molar-refractivity contribution in [2.24, 2.45) is 0 Å². The predicted molar refractivity (Wildman–Crippen MR) is 115 cm³/mol. The van der Waals surface area contributed by atoms with Crippen LogP contribution in [0, 0.1) is 0 Å². The topological polar surface area (TPSA) is 92.3 Å². The molecule has 0 aliphatic rings. The Morgan fingerprint density at radius 1 is 1.18 bits per heavy atom. The van der Waals surface area contributed by atoms with E-state index in [0.717, 1.165) is 15.7 Å². The molecule has 1 amide bonds. The van der Waals surface area contributed by atoms with Gasteiger partial charge in [-0.05, 0) is 35.7 Å². The molecular weight excluding hydrogens is 436 g/mol. The van der Waals surface area contributed by atoms with Gasteiger partial charge in [0.15, 0.2) is 4.34 Å². The molecule has 3 rings (SSSR count). The molecule has 0 atom stereocenters. The highest BCUT2D eigenvalue weighted by atomic mass is 32.2. The summed E-state index contributed by atoms with van der Waals surface area (Å²) in [6.07, 6.45) is 0. The van der Waals surface area contributed by atoms with Crippen molar-refractivity contribution in [3.63, 3.8) is 0 Å². The van der Waals surface area contributed by atoms with Crippen molar-refractivity contribution in [2.45, 2.75) is 27.6 Å². The summed E-state index contributed by atoms with van der Waals surface area (Å²) in [7, 11) is -2.12. The summed E-state index contributed by atoms with van der Waals surface area (Å²) >= 11 is 4.06. The van der Waals surface area contributed by atoms with Gasteiger partial charge in [-0.2, -0.15) is 0 Å². The van der Waals surface area contributed by atoms with E-state index in [1.807, 2.05) is 0 Å². The lowest BCUT2D eigenvalue weighted by atomic mass is 10.2. The molecule has 148 valence electrons. The Balaban J connectivity index is 1.70. The van der Waals surface area contributed by atoms with E-state index >= 15 is 0 Å². The molecule has 28 heavy (non-hydrogen) atoms. The van der Waals surface area contributed by atoms with E-state index in [1.54, 1.807) is 53.5 Å². The molecule has 0 fully saturated rings. The normalized spacial score (nSPS) is 11.6. The number of carbonyl (C=O) groups is 1. The molecule has 7 nitrogen and oxygen atoms in total. The molecule has 2 aromatic heterocycles. The van der Waals surface area contributed by atoms with Crippen LogP contribution in [0.3, 0.4) is 0 Å². The number of rotatable bonds is 7. The van der Waals surface area contributed by atoms with Crippen LogP contribution in [0.2, 0.25) is 0 Å². The third kappa shape index (κ3) is 4.72. The molecule has 0 unspecified atom stereocenters. The molecular formula is C17H18N4O3S4. The smallest absolute Gasteiger partial charge is 0.273 e. The van der Waals surface area contributed by atoms with Crippen molar-refractivity contribution in [3.05, 3.63) is 47.3 Å². The standard InChI is InChI=1S/C17H18N4O3S4/c1-11(2)26-17-20-19-16(27-17)18-15(22)12-6-8-13(9-7-12)21(3)28(23,24)14-5-4-10-25-14/h4-11H,1-3H3,(H,18,19,22). The zero-order valence-corrected chi connectivity index (χ0v) is 18.6. The molecule has 0 aliphatic carbocycles. The van der Waals surface area contributed by atoms with Gasteiger partial charge >= 0.3 is 0 Å². The fourth-order valence-corrected chi connectivity index (χ4v) is 6.51. The minimum Gasteiger partial charge on any atom is -0.296 e. The minimum absolute atomic E-state index is 0.267. The van der Waals surface area contributed by atoms with Crippen molar-refractivity contribution in [3.8, 4) is 0 Å². The number of hydrogen-bond donors (Lipinski definition) is 1. The number of amides is 1. The maximum absolute atomic E-state index is 12.6. The highest BCUT2D eigenvalue weighted by Gasteiger charge is 2.22. The van der Waals surface area contributed by atoms with E-state index in [0.29, 0.717) is 21.6 Å². The largest absolute Gasteiger partial charge is 0.296 e. The molecule has 0 bridgehead atoms. The van der Waals surface area contributed by atoms with Crippen LogP contribution in [0.15, 0.2) is 50.3 Å². The summed E-state index contributed by atoms with van der Waals surface area (Å²) in [6, 6.07) is 9.61. The Kier molecular flexibility index (Phi) is 6.38. The first kappa shape index (κ1) is 20.8. The van der Waals surface area contributed by atoms with Crippen molar-refractivity contribution >= 4 is 61.2 Å². The maximum atomic E-state index is 12.6. The number of thioether (sulfide) groups is 1. The van der Waals surface area contributed by atoms with Gasteiger partial charge in [0.1, 0.15) is 4.21 Å². The van der Waals surface area contributed by atoms with Crippen molar-refractivity contribution in [2.75, 3.05) is 16.7 Å². The fourth-order valence-electron chi connectivity index (χ4n) is 2.19. The summed E-state index contributed by atoms with van der Waals surface area (Å²) in [6.45, 7) is 4.11. The minimum atomic E-state index is -3.61. The Morgan fingerprint density at radius 2 is 1.89 bits per heavy atom. The number of benzene rings is 1. The number of nitrogens with zero attached hydrogens (tertiary/aromatic N) is 3. The van der Waals surface area contributed by atoms with Crippen LogP contribution >= 0.6 is 34.4 Å². The molecule has 0 aliphatic heterocycles. The first-order valence-corrected chi connectivity index (χ1v) is 12.2. The van der Waals surface area contributed by atoms with Gasteiger partial charge in [-0.25, -0.2) is 8.42 Å². The quantitative estimate of drug-likeness (QED) is 0.425.